The Morgan fingerprint density at radius 2 is 1.79 bits per heavy atom. The van der Waals surface area contributed by atoms with Gasteiger partial charge in [0, 0.05) is 41.8 Å². The number of hydrogen-bond acceptors (Lipinski definition) is 4. The van der Waals surface area contributed by atoms with Crippen molar-refractivity contribution in [2.45, 2.75) is 77.7 Å². The van der Waals surface area contributed by atoms with Crippen LogP contribution in [0.4, 0.5) is 4.79 Å². The van der Waals surface area contributed by atoms with Gasteiger partial charge in [0.1, 0.15) is 0 Å². The number of aromatic nitrogens is 2. The fourth-order valence-electron chi connectivity index (χ4n) is 5.60. The lowest BCUT2D eigenvalue weighted by Crippen LogP contribution is -2.48. The lowest BCUT2D eigenvalue weighted by Gasteiger charge is -2.35. The number of rotatable bonds is 3. The summed E-state index contributed by atoms with van der Waals surface area (Å²) in [7, 11) is 1.81. The maximum atomic E-state index is 13.2. The number of amides is 3. The first-order valence-electron chi connectivity index (χ1n) is 12.3. The third kappa shape index (κ3) is 5.12. The lowest BCUT2D eigenvalue weighted by molar-refractivity contribution is -0.125. The zero-order chi connectivity index (χ0) is 23.7. The molecule has 7 nitrogen and oxygen atoms in total. The first kappa shape index (κ1) is 23.5. The molecule has 178 valence electrons. The number of imide groups is 1. The van der Waals surface area contributed by atoms with Gasteiger partial charge < -0.3 is 9.88 Å². The fourth-order valence-corrected chi connectivity index (χ4v) is 5.60. The van der Waals surface area contributed by atoms with Gasteiger partial charge in [0.15, 0.2) is 0 Å². The van der Waals surface area contributed by atoms with Crippen molar-refractivity contribution >= 4 is 22.8 Å². The summed E-state index contributed by atoms with van der Waals surface area (Å²) in [5, 5.41) is 6.52. The largest absolute Gasteiger partial charge is 0.335 e. The molecule has 0 radical (unpaired) electrons. The highest BCUT2D eigenvalue weighted by Crippen LogP contribution is 2.37. The zero-order valence-electron chi connectivity index (χ0n) is 20.2. The smallest absolute Gasteiger partial charge is 0.321 e. The third-order valence-corrected chi connectivity index (χ3v) is 7.83. The Morgan fingerprint density at radius 1 is 1.06 bits per heavy atom. The quantitative estimate of drug-likeness (QED) is 0.731. The second-order valence-electron chi connectivity index (χ2n) is 10.4. The first-order chi connectivity index (χ1) is 15.7. The van der Waals surface area contributed by atoms with Gasteiger partial charge in [-0.1, -0.05) is 13.8 Å². The molecular weight excluding hydrogens is 416 g/mol. The maximum Gasteiger partial charge on any atom is 0.321 e. The van der Waals surface area contributed by atoms with Crippen LogP contribution in [0.25, 0.3) is 10.9 Å². The molecule has 2 fully saturated rings. The Bertz CT molecular complexity index is 1100. The minimum Gasteiger partial charge on any atom is -0.335 e. The van der Waals surface area contributed by atoms with Gasteiger partial charge in [-0.2, -0.15) is 0 Å². The van der Waals surface area contributed by atoms with E-state index in [-0.39, 0.29) is 29.3 Å². The van der Waals surface area contributed by atoms with Crippen LogP contribution in [0, 0.1) is 24.7 Å². The van der Waals surface area contributed by atoms with E-state index in [0.717, 1.165) is 60.7 Å². The van der Waals surface area contributed by atoms with Crippen molar-refractivity contribution < 1.29 is 9.59 Å². The molecule has 2 aromatic rings. The van der Waals surface area contributed by atoms with Crippen molar-refractivity contribution in [2.75, 3.05) is 0 Å². The van der Waals surface area contributed by atoms with Gasteiger partial charge in [-0.05, 0) is 81.8 Å². The Labute approximate surface area is 195 Å². The molecule has 33 heavy (non-hydrogen) atoms. The van der Waals surface area contributed by atoms with E-state index >= 15 is 0 Å². The molecule has 3 atom stereocenters. The Morgan fingerprint density at radius 3 is 2.52 bits per heavy atom. The Hall–Kier alpha value is -2.70. The van der Waals surface area contributed by atoms with Crippen molar-refractivity contribution in [3.05, 3.63) is 39.9 Å². The fraction of sp³-hybridized carbons (Fsp3) is 0.615. The summed E-state index contributed by atoms with van der Waals surface area (Å²) in [6.45, 7) is 6.30. The molecule has 0 aromatic carbocycles. The summed E-state index contributed by atoms with van der Waals surface area (Å²) in [5.41, 5.74) is 2.55. The van der Waals surface area contributed by atoms with Crippen LogP contribution in [0.5, 0.6) is 0 Å². The van der Waals surface area contributed by atoms with E-state index in [1.165, 1.54) is 0 Å². The molecule has 4 rings (SSSR count). The van der Waals surface area contributed by atoms with Crippen LogP contribution in [0.1, 0.15) is 76.0 Å². The molecule has 0 aliphatic heterocycles. The Balaban J connectivity index is 1.45. The number of urea groups is 1. The molecule has 2 N–H and O–H groups in total. The highest BCUT2D eigenvalue weighted by Gasteiger charge is 2.32. The van der Waals surface area contributed by atoms with Crippen LogP contribution in [0.2, 0.25) is 0 Å². The van der Waals surface area contributed by atoms with Crippen LogP contribution >= 0.6 is 0 Å². The third-order valence-electron chi connectivity index (χ3n) is 7.83. The van der Waals surface area contributed by atoms with E-state index in [0.29, 0.717) is 18.3 Å². The van der Waals surface area contributed by atoms with Gasteiger partial charge in [-0.15, -0.1) is 0 Å². The van der Waals surface area contributed by atoms with Gasteiger partial charge >= 0.3 is 6.03 Å². The molecule has 2 aliphatic carbocycles. The molecule has 3 unspecified atom stereocenters. The highest BCUT2D eigenvalue weighted by atomic mass is 16.2. The van der Waals surface area contributed by atoms with Crippen molar-refractivity contribution in [1.82, 2.24) is 20.2 Å². The molecule has 7 heteroatoms. The number of carbonyl (C=O) groups excluding carboxylic acids is 2. The zero-order valence-corrected chi connectivity index (χ0v) is 20.2. The summed E-state index contributed by atoms with van der Waals surface area (Å²) in [4.78, 5) is 42.7. The number of nitrogens with zero attached hydrogens (tertiary/aromatic N) is 2. The Kier molecular flexibility index (Phi) is 6.86. The second kappa shape index (κ2) is 9.65. The number of nitrogens with one attached hydrogen (secondary N) is 2. The normalized spacial score (nSPS) is 27.8. The number of fused-ring (bicyclic) bond motifs is 1. The number of pyridine rings is 2. The van der Waals surface area contributed by atoms with Crippen LogP contribution in [-0.4, -0.2) is 27.5 Å². The highest BCUT2D eigenvalue weighted by molar-refractivity contribution is 5.95. The van der Waals surface area contributed by atoms with E-state index in [9.17, 15) is 14.4 Å². The van der Waals surface area contributed by atoms with Gasteiger partial charge in [-0.3, -0.25) is 19.9 Å². The van der Waals surface area contributed by atoms with Gasteiger partial charge in [0.05, 0.1) is 5.52 Å². The van der Waals surface area contributed by atoms with Crippen LogP contribution in [-0.2, 0) is 11.8 Å². The SMILES string of the molecule is Cc1cc2c(cn1)cc(C1CC(NC(=O)NC(=O)C3CCC(C)CC3)CCC1C)c(=O)n2C. The summed E-state index contributed by atoms with van der Waals surface area (Å²) in [6.07, 6.45) is 8.04. The van der Waals surface area contributed by atoms with E-state index in [2.05, 4.69) is 29.5 Å². The summed E-state index contributed by atoms with van der Waals surface area (Å²) < 4.78 is 1.71. The molecule has 2 saturated carbocycles. The molecule has 0 saturated heterocycles. The topological polar surface area (TPSA) is 93.1 Å². The number of aryl methyl sites for hydroxylation is 2. The van der Waals surface area contributed by atoms with E-state index < -0.39 is 6.03 Å². The van der Waals surface area contributed by atoms with Crippen molar-refractivity contribution in [3.63, 3.8) is 0 Å². The minimum absolute atomic E-state index is 0.0109. The number of hydrogen-bond donors (Lipinski definition) is 2. The predicted octanol–water partition coefficient (Wildman–Crippen LogP) is 4.17. The maximum absolute atomic E-state index is 13.2. The van der Waals surface area contributed by atoms with Gasteiger partial charge in [0.2, 0.25) is 5.91 Å². The average molecular weight is 453 g/mol. The summed E-state index contributed by atoms with van der Waals surface area (Å²) in [5.74, 6) is 0.812. The van der Waals surface area contributed by atoms with Crippen LogP contribution in [0.15, 0.2) is 23.1 Å². The molecule has 0 spiro atoms. The van der Waals surface area contributed by atoms with E-state index in [4.69, 9.17) is 0 Å². The lowest BCUT2D eigenvalue weighted by atomic mass is 9.74. The summed E-state index contributed by atoms with van der Waals surface area (Å²) >= 11 is 0. The molecule has 0 bridgehead atoms. The molecular formula is C26H36N4O3. The van der Waals surface area contributed by atoms with Crippen molar-refractivity contribution in [3.8, 4) is 0 Å². The second-order valence-corrected chi connectivity index (χ2v) is 10.4. The standard InChI is InChI=1S/C26H36N4O3/c1-15-5-8-18(9-6-15)24(31)29-26(33)28-20-10-7-16(2)21(13-20)22-12-19-14-27-17(3)11-23(19)30(4)25(22)32/h11-12,14-16,18,20-21H,5-10,13H2,1-4H3,(H2,28,29,31,33). The average Bonchev–Trinajstić information content (AvgIpc) is 2.78. The molecule has 2 aliphatic rings. The van der Waals surface area contributed by atoms with Gasteiger partial charge in [0.25, 0.3) is 5.56 Å². The minimum atomic E-state index is -0.414. The van der Waals surface area contributed by atoms with Crippen LogP contribution < -0.4 is 16.2 Å². The van der Waals surface area contributed by atoms with Crippen LogP contribution in [0.3, 0.4) is 0 Å². The predicted molar refractivity (Wildman–Crippen MR) is 129 cm³/mol. The van der Waals surface area contributed by atoms with Crippen molar-refractivity contribution in [2.24, 2.45) is 24.8 Å². The number of carbonyl (C=O) groups is 2. The molecule has 2 heterocycles. The summed E-state index contributed by atoms with van der Waals surface area (Å²) in [6, 6.07) is 3.43. The first-order valence-corrected chi connectivity index (χ1v) is 12.3. The van der Waals surface area contributed by atoms with Gasteiger partial charge in [-0.25, -0.2) is 4.79 Å². The van der Waals surface area contributed by atoms with E-state index in [1.54, 1.807) is 4.57 Å². The van der Waals surface area contributed by atoms with Crippen molar-refractivity contribution in [1.29, 1.82) is 0 Å². The molecule has 2 aromatic heterocycles. The van der Waals surface area contributed by atoms with E-state index in [1.807, 2.05) is 32.3 Å². The monoisotopic (exact) mass is 452 g/mol. The molecule has 3 amide bonds.